The second kappa shape index (κ2) is 10.9. The number of hydrogen-bond acceptors (Lipinski definition) is 5. The fourth-order valence-corrected chi connectivity index (χ4v) is 6.41. The maximum atomic E-state index is 4.68. The summed E-state index contributed by atoms with van der Waals surface area (Å²) in [6, 6.07) is 32.8. The maximum Gasteiger partial charge on any atom is 2.00 e. The molecule has 0 aliphatic heterocycles. The fourth-order valence-electron chi connectivity index (χ4n) is 5.34. The molecule has 0 radical (unpaired) electrons. The van der Waals surface area contributed by atoms with Crippen molar-refractivity contribution in [3.63, 3.8) is 0 Å². The van der Waals surface area contributed by atoms with Gasteiger partial charge in [0.2, 0.25) is 0 Å². The van der Waals surface area contributed by atoms with E-state index in [9.17, 15) is 0 Å². The molecule has 0 amide bonds. The molecule has 9 rings (SSSR count). The van der Waals surface area contributed by atoms with Crippen LogP contribution in [-0.4, -0.2) is 15.0 Å². The zero-order valence-corrected chi connectivity index (χ0v) is 26.1. The number of nitrogens with zero attached hydrogens (tertiary/aromatic N) is 6. The van der Waals surface area contributed by atoms with Crippen LogP contribution in [0.5, 0.6) is 0 Å². The Morgan fingerprint density at radius 3 is 2.31 bits per heavy atom. The van der Waals surface area contributed by atoms with Crippen molar-refractivity contribution in [1.82, 2.24) is 24.9 Å². The monoisotopic (exact) mass is 608 g/mol. The van der Waals surface area contributed by atoms with Gasteiger partial charge in [0.25, 0.3) is 0 Å². The molecular weight excluding hydrogens is 590 g/mol. The molecule has 194 valence electrons. The van der Waals surface area contributed by atoms with Crippen molar-refractivity contribution >= 4 is 80.8 Å². The Morgan fingerprint density at radius 2 is 1.40 bits per heavy atom. The van der Waals surface area contributed by atoms with E-state index in [1.807, 2.05) is 66.9 Å². The van der Waals surface area contributed by atoms with Gasteiger partial charge in [0.05, 0.1) is 16.0 Å². The van der Waals surface area contributed by atoms with Crippen LogP contribution in [-0.2, 0) is 19.5 Å². The Bertz CT molecular complexity index is 2450. The predicted octanol–water partition coefficient (Wildman–Crippen LogP) is 7.68. The Balaban J connectivity index is 0.000000134. The first-order valence-corrected chi connectivity index (χ1v) is 14.0. The second-order valence-corrected chi connectivity index (χ2v) is 10.7. The topological polar surface area (TPSA) is 79.2 Å². The van der Waals surface area contributed by atoms with Crippen LogP contribution in [0.4, 0.5) is 5.82 Å². The van der Waals surface area contributed by atoms with Gasteiger partial charge < -0.3 is 19.9 Å². The molecule has 6 nitrogen and oxygen atoms in total. The molecule has 0 unspecified atom stereocenters. The van der Waals surface area contributed by atoms with Crippen LogP contribution in [0.3, 0.4) is 0 Å². The van der Waals surface area contributed by atoms with E-state index >= 15 is 0 Å². The Kier molecular flexibility index (Phi) is 6.78. The number of imidazole rings is 1. The van der Waals surface area contributed by atoms with Gasteiger partial charge >= 0.3 is 19.5 Å². The summed E-state index contributed by atoms with van der Waals surface area (Å²) in [6.45, 7) is 0. The number of rotatable bonds is 1. The van der Waals surface area contributed by atoms with Crippen LogP contribution in [0.15, 0.2) is 127 Å². The number of benzene rings is 4. The summed E-state index contributed by atoms with van der Waals surface area (Å²) in [5, 5.41) is 7.90. The van der Waals surface area contributed by atoms with Gasteiger partial charge in [-0.25, -0.2) is 0 Å². The molecule has 0 spiro atoms. The number of aromatic nitrogens is 5. The minimum atomic E-state index is 0. The van der Waals surface area contributed by atoms with Crippen LogP contribution in [0, 0.1) is 0 Å². The Labute approximate surface area is 256 Å². The zero-order chi connectivity index (χ0) is 27.2. The van der Waals surface area contributed by atoms with Gasteiger partial charge in [0.15, 0.2) is 0 Å². The first-order valence-electron chi connectivity index (χ1n) is 13.2. The average Bonchev–Trinajstić information content (AvgIpc) is 3.67. The predicted molar refractivity (Wildman–Crippen MR) is 167 cm³/mol. The van der Waals surface area contributed by atoms with Crippen LogP contribution < -0.4 is 15.5 Å². The SMILES string of the molecule is [Zn+2].c1ccc2c(N=c3[n-]ccc4ccccc34)nccc2c1.c1cnc2c(c1)sc1ccc3ccc4nc[n-]c4c3c12. The van der Waals surface area contributed by atoms with Gasteiger partial charge in [0, 0.05) is 27.9 Å². The van der Waals surface area contributed by atoms with Crippen molar-refractivity contribution in [2.45, 2.75) is 0 Å². The molecule has 0 fully saturated rings. The third kappa shape index (κ3) is 4.46. The van der Waals surface area contributed by atoms with Crippen molar-refractivity contribution in [3.05, 3.63) is 127 Å². The Morgan fingerprint density at radius 1 is 0.595 bits per heavy atom. The van der Waals surface area contributed by atoms with E-state index in [-0.39, 0.29) is 19.5 Å². The fraction of sp³-hybridized carbons (Fsp3) is 0. The molecule has 0 aliphatic carbocycles. The molecule has 0 aliphatic rings. The average molecular weight is 610 g/mol. The minimum absolute atomic E-state index is 0. The van der Waals surface area contributed by atoms with Crippen LogP contribution in [0.25, 0.3) is 63.7 Å². The molecule has 8 heteroatoms. The summed E-state index contributed by atoms with van der Waals surface area (Å²) < 4.78 is 2.47. The molecule has 5 heterocycles. The van der Waals surface area contributed by atoms with Gasteiger partial charge in [-0.1, -0.05) is 85.3 Å². The molecule has 0 atom stereocenters. The minimum Gasteiger partial charge on any atom is -0.443 e. The maximum absolute atomic E-state index is 4.68. The van der Waals surface area contributed by atoms with Gasteiger partial charge in [-0.15, -0.1) is 11.3 Å². The standard InChI is InChI=1S/C18H12N3.C16H8N3S.Zn/c1-3-7-15-13(5-1)9-11-19-17(15)21-18-16-8-4-2-6-14(16)10-12-20-18;1-2-12-16(17-7-1)14-11(20-12)6-4-9-3-5-10-15(13(9)14)19-8-18-10;/h1-12H;1-8H;/q2*-1;+2. The van der Waals surface area contributed by atoms with E-state index in [1.165, 1.54) is 25.6 Å². The quantitative estimate of drug-likeness (QED) is 0.178. The molecule has 42 heavy (non-hydrogen) atoms. The number of fused-ring (bicyclic) bond motifs is 9. The molecule has 0 N–H and O–H groups in total. The van der Waals surface area contributed by atoms with E-state index in [0.717, 1.165) is 38.1 Å². The van der Waals surface area contributed by atoms with E-state index in [0.29, 0.717) is 11.3 Å². The second-order valence-electron chi connectivity index (χ2n) is 9.62. The summed E-state index contributed by atoms with van der Waals surface area (Å²) in [4.78, 5) is 26.8. The number of pyridine rings is 3. The Hall–Kier alpha value is -4.78. The van der Waals surface area contributed by atoms with Gasteiger partial charge in [-0.3, -0.25) is 9.97 Å². The summed E-state index contributed by atoms with van der Waals surface area (Å²) in [5.74, 6) is 0.706. The third-order valence-electron chi connectivity index (χ3n) is 7.23. The van der Waals surface area contributed by atoms with E-state index < -0.39 is 0 Å². The van der Waals surface area contributed by atoms with E-state index in [4.69, 9.17) is 0 Å². The summed E-state index contributed by atoms with van der Waals surface area (Å²) in [5.41, 5.74) is 3.68. The first kappa shape index (κ1) is 26.1. The molecule has 0 saturated carbocycles. The summed E-state index contributed by atoms with van der Waals surface area (Å²) in [6.07, 6.45) is 7.05. The number of hydrogen-bond donors (Lipinski definition) is 0. The molecule has 0 saturated heterocycles. The van der Waals surface area contributed by atoms with Crippen LogP contribution in [0.2, 0.25) is 0 Å². The van der Waals surface area contributed by atoms with E-state index in [2.05, 4.69) is 66.3 Å². The largest absolute Gasteiger partial charge is 2.00 e. The summed E-state index contributed by atoms with van der Waals surface area (Å²) in [7, 11) is 0. The molecular formula is C34H20N6SZn. The summed E-state index contributed by atoms with van der Waals surface area (Å²) >= 11 is 1.78. The van der Waals surface area contributed by atoms with Crippen LogP contribution >= 0.6 is 11.3 Å². The molecule has 9 aromatic rings. The zero-order valence-electron chi connectivity index (χ0n) is 22.3. The van der Waals surface area contributed by atoms with Crippen molar-refractivity contribution < 1.29 is 19.5 Å². The van der Waals surface area contributed by atoms with Gasteiger partial charge in [-0.2, -0.15) is 0 Å². The van der Waals surface area contributed by atoms with Crippen molar-refractivity contribution in [1.29, 1.82) is 0 Å². The van der Waals surface area contributed by atoms with Crippen molar-refractivity contribution in [2.24, 2.45) is 4.99 Å². The first-order chi connectivity index (χ1) is 20.3. The van der Waals surface area contributed by atoms with Crippen molar-refractivity contribution in [3.8, 4) is 0 Å². The smallest absolute Gasteiger partial charge is 0.443 e. The van der Waals surface area contributed by atoms with E-state index in [1.54, 1.807) is 30.1 Å². The number of thiophene rings is 1. The molecule has 0 bridgehead atoms. The molecule has 4 aromatic carbocycles. The van der Waals surface area contributed by atoms with Crippen LogP contribution in [0.1, 0.15) is 0 Å². The van der Waals surface area contributed by atoms with Gasteiger partial charge in [-0.05, 0) is 67.7 Å². The molecule has 5 aromatic heterocycles. The normalized spacial score (nSPS) is 11.8. The van der Waals surface area contributed by atoms with Gasteiger partial charge in [0.1, 0.15) is 0 Å². The third-order valence-corrected chi connectivity index (χ3v) is 8.34. The van der Waals surface area contributed by atoms with Crippen molar-refractivity contribution in [2.75, 3.05) is 0 Å².